The van der Waals surface area contributed by atoms with Gasteiger partial charge in [-0.15, -0.1) is 0 Å². The van der Waals surface area contributed by atoms with Crippen molar-refractivity contribution in [1.82, 2.24) is 10.3 Å². The molecule has 2 N–H and O–H groups in total. The number of carboxylic acid groups (broad SMARTS) is 1. The summed E-state index contributed by atoms with van der Waals surface area (Å²) in [6.07, 6.45) is -3.09. The smallest absolute Gasteiger partial charge is 0.416 e. The van der Waals surface area contributed by atoms with Crippen LogP contribution in [-0.2, 0) is 11.0 Å². The van der Waals surface area contributed by atoms with Crippen molar-refractivity contribution in [2.24, 2.45) is 0 Å². The SMILES string of the molecule is CC1=C(C(=O)O)C(c2ccccc2C(F)(F)F)C(c2ccccn2)=C(C)N1. The molecule has 1 aliphatic heterocycles. The van der Waals surface area contributed by atoms with E-state index in [2.05, 4.69) is 10.3 Å². The molecule has 3 rings (SSSR count). The molecule has 0 fully saturated rings. The molecule has 0 bridgehead atoms. The quantitative estimate of drug-likeness (QED) is 0.826. The second-order valence-electron chi connectivity index (χ2n) is 6.24. The number of carbonyl (C=O) groups is 1. The second-order valence-corrected chi connectivity index (χ2v) is 6.24. The molecule has 0 saturated heterocycles. The van der Waals surface area contributed by atoms with Gasteiger partial charge in [0.2, 0.25) is 0 Å². The highest BCUT2D eigenvalue weighted by Crippen LogP contribution is 2.46. The number of aromatic nitrogens is 1. The van der Waals surface area contributed by atoms with Gasteiger partial charge >= 0.3 is 12.1 Å². The van der Waals surface area contributed by atoms with Gasteiger partial charge in [0.25, 0.3) is 0 Å². The summed E-state index contributed by atoms with van der Waals surface area (Å²) in [5, 5.41) is 12.7. The normalized spacial score (nSPS) is 17.7. The molecule has 0 amide bonds. The molecule has 1 aromatic carbocycles. The Morgan fingerprint density at radius 3 is 2.33 bits per heavy atom. The Morgan fingerprint density at radius 2 is 1.74 bits per heavy atom. The average molecular weight is 374 g/mol. The Morgan fingerprint density at radius 1 is 1.07 bits per heavy atom. The minimum Gasteiger partial charge on any atom is -0.478 e. The summed E-state index contributed by atoms with van der Waals surface area (Å²) in [5.41, 5.74) is 0.622. The summed E-state index contributed by atoms with van der Waals surface area (Å²) in [4.78, 5) is 16.2. The molecule has 1 aromatic heterocycles. The molecular formula is C20H17F3N2O2. The number of nitrogens with one attached hydrogen (secondary N) is 1. The minimum absolute atomic E-state index is 0.108. The molecule has 27 heavy (non-hydrogen) atoms. The summed E-state index contributed by atoms with van der Waals surface area (Å²) in [6.45, 7) is 3.25. The van der Waals surface area contributed by atoms with Crippen molar-refractivity contribution in [2.45, 2.75) is 25.9 Å². The molecule has 1 unspecified atom stereocenters. The third-order valence-corrected chi connectivity index (χ3v) is 4.51. The lowest BCUT2D eigenvalue weighted by Gasteiger charge is -2.32. The van der Waals surface area contributed by atoms with Crippen LogP contribution in [-0.4, -0.2) is 16.1 Å². The Hall–Kier alpha value is -3.09. The number of carboxylic acids is 1. The number of pyridine rings is 1. The maximum Gasteiger partial charge on any atom is 0.416 e. The zero-order chi connectivity index (χ0) is 19.8. The van der Waals surface area contributed by atoms with Crippen LogP contribution in [0.1, 0.15) is 36.6 Å². The van der Waals surface area contributed by atoms with Crippen molar-refractivity contribution in [1.29, 1.82) is 0 Å². The molecular weight excluding hydrogens is 357 g/mol. The lowest BCUT2D eigenvalue weighted by atomic mass is 9.77. The number of nitrogens with zero attached hydrogens (tertiary/aromatic N) is 1. The monoisotopic (exact) mass is 374 g/mol. The van der Waals surface area contributed by atoms with Gasteiger partial charge in [-0.25, -0.2) is 4.79 Å². The molecule has 4 nitrogen and oxygen atoms in total. The Bertz CT molecular complexity index is 947. The number of hydrogen-bond donors (Lipinski definition) is 2. The van der Waals surface area contributed by atoms with Crippen LogP contribution < -0.4 is 5.32 Å². The molecule has 1 atom stereocenters. The molecule has 0 radical (unpaired) electrons. The van der Waals surface area contributed by atoms with Crippen molar-refractivity contribution in [3.05, 3.63) is 82.4 Å². The van der Waals surface area contributed by atoms with E-state index in [0.29, 0.717) is 22.7 Å². The van der Waals surface area contributed by atoms with Crippen molar-refractivity contribution < 1.29 is 23.1 Å². The van der Waals surface area contributed by atoms with Crippen molar-refractivity contribution in [2.75, 3.05) is 0 Å². The van der Waals surface area contributed by atoms with E-state index in [1.807, 2.05) is 0 Å². The number of alkyl halides is 3. The van der Waals surface area contributed by atoms with Gasteiger partial charge in [0, 0.05) is 29.1 Å². The van der Waals surface area contributed by atoms with Gasteiger partial charge < -0.3 is 10.4 Å². The first-order valence-corrected chi connectivity index (χ1v) is 8.21. The van der Waals surface area contributed by atoms with E-state index >= 15 is 0 Å². The molecule has 0 aliphatic carbocycles. The first-order chi connectivity index (χ1) is 12.7. The zero-order valence-electron chi connectivity index (χ0n) is 14.6. The minimum atomic E-state index is -4.61. The van der Waals surface area contributed by atoms with Gasteiger partial charge in [-0.3, -0.25) is 4.98 Å². The van der Waals surface area contributed by atoms with Crippen molar-refractivity contribution >= 4 is 11.5 Å². The van der Waals surface area contributed by atoms with Crippen LogP contribution >= 0.6 is 0 Å². The number of benzene rings is 1. The summed E-state index contributed by atoms with van der Waals surface area (Å²) in [6, 6.07) is 10.1. The number of halogens is 3. The van der Waals surface area contributed by atoms with Crippen LogP contribution in [0.4, 0.5) is 13.2 Å². The Kier molecular flexibility index (Phi) is 4.78. The van der Waals surface area contributed by atoms with E-state index in [-0.39, 0.29) is 11.1 Å². The van der Waals surface area contributed by atoms with Gasteiger partial charge in [-0.05, 0) is 37.6 Å². The van der Waals surface area contributed by atoms with Crippen molar-refractivity contribution in [3.8, 4) is 0 Å². The predicted octanol–water partition coefficient (Wildman–Crippen LogP) is 4.58. The Balaban J connectivity index is 2.33. The fraction of sp³-hybridized carbons (Fsp3) is 0.200. The summed E-state index contributed by atoms with van der Waals surface area (Å²) in [5.74, 6) is -2.38. The molecule has 140 valence electrons. The molecule has 1 aliphatic rings. The van der Waals surface area contributed by atoms with E-state index < -0.39 is 23.6 Å². The summed E-state index contributed by atoms with van der Waals surface area (Å²) < 4.78 is 40.9. The van der Waals surface area contributed by atoms with Crippen LogP contribution in [0.5, 0.6) is 0 Å². The fourth-order valence-electron chi connectivity index (χ4n) is 3.46. The summed E-state index contributed by atoms with van der Waals surface area (Å²) in [7, 11) is 0. The van der Waals surface area contributed by atoms with Crippen LogP contribution in [0.25, 0.3) is 5.57 Å². The van der Waals surface area contributed by atoms with Gasteiger partial charge in [0.15, 0.2) is 0 Å². The average Bonchev–Trinajstić information content (AvgIpc) is 2.60. The Labute approximate surface area is 154 Å². The topological polar surface area (TPSA) is 62.2 Å². The van der Waals surface area contributed by atoms with E-state index in [1.54, 1.807) is 32.0 Å². The fourth-order valence-corrected chi connectivity index (χ4v) is 3.46. The van der Waals surface area contributed by atoms with Gasteiger partial charge in [0.05, 0.1) is 16.8 Å². The highest BCUT2D eigenvalue weighted by molar-refractivity contribution is 5.96. The maximum absolute atomic E-state index is 13.6. The molecule has 2 aromatic rings. The van der Waals surface area contributed by atoms with Crippen molar-refractivity contribution in [3.63, 3.8) is 0 Å². The molecule has 0 spiro atoms. The highest BCUT2D eigenvalue weighted by Gasteiger charge is 2.41. The lowest BCUT2D eigenvalue weighted by Crippen LogP contribution is -2.29. The van der Waals surface area contributed by atoms with Crippen LogP contribution in [0.15, 0.2) is 65.6 Å². The second kappa shape index (κ2) is 6.90. The third kappa shape index (κ3) is 3.45. The third-order valence-electron chi connectivity index (χ3n) is 4.51. The van der Waals surface area contributed by atoms with Crippen LogP contribution in [0.2, 0.25) is 0 Å². The maximum atomic E-state index is 13.6. The first-order valence-electron chi connectivity index (χ1n) is 8.21. The highest BCUT2D eigenvalue weighted by atomic mass is 19.4. The number of rotatable bonds is 3. The predicted molar refractivity (Wildman–Crippen MR) is 94.5 cm³/mol. The molecule has 2 heterocycles. The zero-order valence-corrected chi connectivity index (χ0v) is 14.6. The van der Waals surface area contributed by atoms with E-state index in [4.69, 9.17) is 0 Å². The number of hydrogen-bond acceptors (Lipinski definition) is 3. The molecule has 7 heteroatoms. The number of allylic oxidation sites excluding steroid dienone is 3. The van der Waals surface area contributed by atoms with E-state index in [0.717, 1.165) is 6.07 Å². The van der Waals surface area contributed by atoms with E-state index in [9.17, 15) is 23.1 Å². The lowest BCUT2D eigenvalue weighted by molar-refractivity contribution is -0.139. The number of dihydropyridines is 1. The van der Waals surface area contributed by atoms with Crippen LogP contribution in [0, 0.1) is 0 Å². The van der Waals surface area contributed by atoms with Gasteiger partial charge in [-0.2, -0.15) is 13.2 Å². The number of aliphatic carboxylic acids is 1. The molecule has 0 saturated carbocycles. The standard InChI is InChI=1S/C20H17F3N2O2/c1-11-16(15-9-5-6-10-24-15)18(17(19(26)27)12(2)25-11)13-7-3-4-8-14(13)20(21,22)23/h3-10,18,25H,1-2H3,(H,26,27). The van der Waals surface area contributed by atoms with Gasteiger partial charge in [-0.1, -0.05) is 24.3 Å². The largest absolute Gasteiger partial charge is 0.478 e. The van der Waals surface area contributed by atoms with Crippen LogP contribution in [0.3, 0.4) is 0 Å². The summed E-state index contributed by atoms with van der Waals surface area (Å²) >= 11 is 0. The first kappa shape index (κ1) is 18.7. The van der Waals surface area contributed by atoms with Gasteiger partial charge in [0.1, 0.15) is 0 Å². The van der Waals surface area contributed by atoms with E-state index in [1.165, 1.54) is 24.4 Å².